The van der Waals surface area contributed by atoms with Crippen molar-refractivity contribution in [2.24, 2.45) is 0 Å². The predicted octanol–water partition coefficient (Wildman–Crippen LogP) is 4.55. The van der Waals surface area contributed by atoms with E-state index in [0.29, 0.717) is 25.0 Å². The van der Waals surface area contributed by atoms with Gasteiger partial charge in [0.15, 0.2) is 0 Å². The standard InChI is InChI=1S/C15H14F6NO/c16-14(17,18)8-3-9(15(19,20)21)5-12(4-8)23-13-6-10-1-2-11(7-13)22-10/h3-5,10,13,22H,1-2,6-7H2. The second-order valence-electron chi connectivity index (χ2n) is 5.90. The third kappa shape index (κ3) is 3.73. The van der Waals surface area contributed by atoms with E-state index in [1.165, 1.54) is 0 Å². The molecule has 23 heavy (non-hydrogen) atoms. The maximum absolute atomic E-state index is 12.8. The van der Waals surface area contributed by atoms with Crippen molar-refractivity contribution in [1.82, 2.24) is 5.32 Å². The average Bonchev–Trinajstić information content (AvgIpc) is 2.75. The van der Waals surface area contributed by atoms with Crippen molar-refractivity contribution in [2.45, 2.75) is 50.2 Å². The molecule has 0 aliphatic carbocycles. The third-order valence-corrected chi connectivity index (χ3v) is 4.09. The van der Waals surface area contributed by atoms with Crippen LogP contribution in [0.2, 0.25) is 0 Å². The Balaban J connectivity index is 1.86. The van der Waals surface area contributed by atoms with E-state index in [-0.39, 0.29) is 17.9 Å². The molecule has 2 aliphatic rings. The lowest BCUT2D eigenvalue weighted by Gasteiger charge is -2.29. The SMILES string of the molecule is FC(F)(F)c1cc(OC2C[C]3CCC(C2)N3)cc(C(F)(F)F)c1. The molecule has 0 saturated carbocycles. The van der Waals surface area contributed by atoms with Gasteiger partial charge in [0.25, 0.3) is 0 Å². The van der Waals surface area contributed by atoms with E-state index in [2.05, 4.69) is 5.32 Å². The van der Waals surface area contributed by atoms with Gasteiger partial charge in [-0.15, -0.1) is 0 Å². The molecule has 2 nitrogen and oxygen atoms in total. The van der Waals surface area contributed by atoms with Gasteiger partial charge in [-0.3, -0.25) is 0 Å². The van der Waals surface area contributed by atoms with Crippen molar-refractivity contribution in [3.8, 4) is 5.75 Å². The molecule has 1 aromatic rings. The molecule has 8 heteroatoms. The monoisotopic (exact) mass is 338 g/mol. The lowest BCUT2D eigenvalue weighted by atomic mass is 10.0. The second-order valence-corrected chi connectivity index (χ2v) is 5.90. The van der Waals surface area contributed by atoms with Crippen molar-refractivity contribution < 1.29 is 31.1 Å². The summed E-state index contributed by atoms with van der Waals surface area (Å²) in [7, 11) is 0. The topological polar surface area (TPSA) is 21.3 Å². The largest absolute Gasteiger partial charge is 0.490 e. The van der Waals surface area contributed by atoms with Crippen LogP contribution in [0.5, 0.6) is 5.75 Å². The molecular formula is C15H14F6NO. The molecule has 0 aromatic heterocycles. The molecule has 1 aromatic carbocycles. The first-order valence-electron chi connectivity index (χ1n) is 7.18. The van der Waals surface area contributed by atoms with Crippen molar-refractivity contribution in [1.29, 1.82) is 0 Å². The zero-order valence-electron chi connectivity index (χ0n) is 11.9. The number of fused-ring (bicyclic) bond motifs is 2. The number of rotatable bonds is 2. The van der Waals surface area contributed by atoms with E-state index in [0.717, 1.165) is 18.9 Å². The fourth-order valence-corrected chi connectivity index (χ4v) is 3.07. The highest BCUT2D eigenvalue weighted by atomic mass is 19.4. The Kier molecular flexibility index (Phi) is 3.98. The van der Waals surface area contributed by atoms with Gasteiger partial charge < -0.3 is 10.1 Å². The first-order chi connectivity index (χ1) is 10.6. The maximum atomic E-state index is 12.8. The Morgan fingerprint density at radius 3 is 2.09 bits per heavy atom. The summed E-state index contributed by atoms with van der Waals surface area (Å²) in [6.45, 7) is 0. The minimum absolute atomic E-state index is 0.105. The zero-order valence-corrected chi connectivity index (χ0v) is 11.9. The number of alkyl halides is 6. The molecule has 127 valence electrons. The Hall–Kier alpha value is -1.44. The molecule has 0 amide bonds. The highest BCUT2D eigenvalue weighted by Gasteiger charge is 2.39. The van der Waals surface area contributed by atoms with Gasteiger partial charge in [0, 0.05) is 18.5 Å². The van der Waals surface area contributed by atoms with Gasteiger partial charge in [0.2, 0.25) is 0 Å². The molecule has 0 spiro atoms. The number of nitrogens with one attached hydrogen (secondary N) is 1. The number of ether oxygens (including phenoxy) is 1. The van der Waals surface area contributed by atoms with Crippen molar-refractivity contribution in [3.05, 3.63) is 35.4 Å². The van der Waals surface area contributed by atoms with E-state index in [1.54, 1.807) is 0 Å². The molecule has 1 radical (unpaired) electrons. The first kappa shape index (κ1) is 16.4. The normalized spacial score (nSPS) is 25.7. The summed E-state index contributed by atoms with van der Waals surface area (Å²) < 4.78 is 82.3. The van der Waals surface area contributed by atoms with E-state index in [9.17, 15) is 26.3 Å². The van der Waals surface area contributed by atoms with Crippen LogP contribution in [0.1, 0.15) is 36.8 Å². The Morgan fingerprint density at radius 1 is 0.957 bits per heavy atom. The van der Waals surface area contributed by atoms with Gasteiger partial charge in [-0.25, -0.2) is 0 Å². The summed E-state index contributed by atoms with van der Waals surface area (Å²) in [6, 6.07) is 2.60. The predicted molar refractivity (Wildman–Crippen MR) is 69.5 cm³/mol. The van der Waals surface area contributed by atoms with Crippen LogP contribution in [0.3, 0.4) is 0 Å². The minimum Gasteiger partial charge on any atom is -0.490 e. The van der Waals surface area contributed by atoms with Gasteiger partial charge in [-0.1, -0.05) is 0 Å². The van der Waals surface area contributed by atoms with E-state index in [1.807, 2.05) is 0 Å². The van der Waals surface area contributed by atoms with Gasteiger partial charge >= 0.3 is 12.4 Å². The van der Waals surface area contributed by atoms with Crippen LogP contribution in [0, 0.1) is 6.04 Å². The van der Waals surface area contributed by atoms with Gasteiger partial charge in [0.1, 0.15) is 11.9 Å². The van der Waals surface area contributed by atoms with E-state index in [4.69, 9.17) is 4.74 Å². The first-order valence-corrected chi connectivity index (χ1v) is 7.18. The van der Waals surface area contributed by atoms with Crippen LogP contribution in [0.25, 0.3) is 0 Å². The van der Waals surface area contributed by atoms with Gasteiger partial charge in [-0.05, 0) is 37.5 Å². The van der Waals surface area contributed by atoms with Crippen LogP contribution in [-0.4, -0.2) is 12.1 Å². The fourth-order valence-electron chi connectivity index (χ4n) is 3.07. The smallest absolute Gasteiger partial charge is 0.416 e. The molecular weight excluding hydrogens is 324 g/mol. The maximum Gasteiger partial charge on any atom is 0.416 e. The van der Waals surface area contributed by atoms with Crippen LogP contribution >= 0.6 is 0 Å². The summed E-state index contributed by atoms with van der Waals surface area (Å²) in [5, 5.41) is 3.25. The van der Waals surface area contributed by atoms with Crippen LogP contribution in [0.4, 0.5) is 26.3 Å². The summed E-state index contributed by atoms with van der Waals surface area (Å²) >= 11 is 0. The number of hydrogen-bond acceptors (Lipinski definition) is 2. The summed E-state index contributed by atoms with van der Waals surface area (Å²) in [6.07, 6.45) is -7.24. The Bertz CT molecular complexity index is 538. The van der Waals surface area contributed by atoms with Crippen molar-refractivity contribution >= 4 is 0 Å². The van der Waals surface area contributed by atoms with Crippen molar-refractivity contribution in [3.63, 3.8) is 0 Å². The molecule has 3 rings (SSSR count). The number of halogens is 6. The fraction of sp³-hybridized carbons (Fsp3) is 0.533. The lowest BCUT2D eigenvalue weighted by molar-refractivity contribution is -0.143. The van der Waals surface area contributed by atoms with Crippen molar-refractivity contribution in [2.75, 3.05) is 0 Å². The third-order valence-electron chi connectivity index (χ3n) is 4.09. The average molecular weight is 338 g/mol. The van der Waals surface area contributed by atoms with Gasteiger partial charge in [0.05, 0.1) is 11.1 Å². The second kappa shape index (κ2) is 5.58. The van der Waals surface area contributed by atoms with Crippen LogP contribution < -0.4 is 10.1 Å². The Labute approximate surface area is 128 Å². The molecule has 2 saturated heterocycles. The van der Waals surface area contributed by atoms with Gasteiger partial charge in [-0.2, -0.15) is 26.3 Å². The van der Waals surface area contributed by atoms with E-state index >= 15 is 0 Å². The minimum atomic E-state index is -4.86. The number of hydrogen-bond donors (Lipinski definition) is 1. The molecule has 2 atom stereocenters. The van der Waals surface area contributed by atoms with Crippen LogP contribution in [-0.2, 0) is 12.4 Å². The molecule has 2 fully saturated rings. The molecule has 2 aliphatic heterocycles. The quantitative estimate of drug-likeness (QED) is 0.799. The molecule has 2 heterocycles. The highest BCUT2D eigenvalue weighted by Crippen LogP contribution is 2.40. The molecule has 2 bridgehead atoms. The van der Waals surface area contributed by atoms with E-state index < -0.39 is 29.6 Å². The summed E-state index contributed by atoms with van der Waals surface area (Å²) in [5.41, 5.74) is -2.71. The molecule has 1 N–H and O–H groups in total. The summed E-state index contributed by atoms with van der Waals surface area (Å²) in [4.78, 5) is 0. The zero-order chi connectivity index (χ0) is 16.8. The summed E-state index contributed by atoms with van der Waals surface area (Å²) in [5.74, 6) is -0.390. The number of piperidine rings is 1. The Morgan fingerprint density at radius 2 is 1.57 bits per heavy atom. The molecule has 2 unspecified atom stereocenters. The highest BCUT2D eigenvalue weighted by molar-refractivity contribution is 5.37. The lowest BCUT2D eigenvalue weighted by Crippen LogP contribution is -2.38. The number of benzene rings is 1. The van der Waals surface area contributed by atoms with Crippen LogP contribution in [0.15, 0.2) is 18.2 Å².